The summed E-state index contributed by atoms with van der Waals surface area (Å²) in [6, 6.07) is 16.0. The molecule has 0 radical (unpaired) electrons. The lowest BCUT2D eigenvalue weighted by molar-refractivity contribution is 0.0602. The second-order valence-corrected chi connectivity index (χ2v) is 6.20. The Morgan fingerprint density at radius 3 is 2.39 bits per heavy atom. The molecular weight excluding hydrogens is 356 g/mol. The lowest BCUT2D eigenvalue weighted by Gasteiger charge is -2.11. The molecule has 7 nitrogen and oxygen atoms in total. The number of anilines is 3. The first-order valence-corrected chi connectivity index (χ1v) is 8.64. The molecule has 0 fully saturated rings. The number of aromatic nitrogens is 2. The van der Waals surface area contributed by atoms with Gasteiger partial charge in [0.15, 0.2) is 0 Å². The van der Waals surface area contributed by atoms with Crippen LogP contribution in [0.5, 0.6) is 0 Å². The van der Waals surface area contributed by atoms with Crippen LogP contribution in [0.25, 0.3) is 0 Å². The van der Waals surface area contributed by atoms with Gasteiger partial charge in [-0.25, -0.2) is 14.8 Å². The SMILES string of the molecule is COC(=O)c1ccccc1NC(=O)c1cc(C)nc(Nc2ccc(C)cc2)n1. The molecule has 1 heterocycles. The van der Waals surface area contributed by atoms with E-state index in [1.807, 2.05) is 31.2 Å². The molecule has 3 rings (SSSR count). The Hall–Kier alpha value is -3.74. The number of methoxy groups -OCH3 is 1. The maximum atomic E-state index is 12.7. The topological polar surface area (TPSA) is 93.2 Å². The molecule has 2 aromatic carbocycles. The summed E-state index contributed by atoms with van der Waals surface area (Å²) in [5.41, 5.74) is 3.39. The van der Waals surface area contributed by atoms with Gasteiger partial charge < -0.3 is 15.4 Å². The first-order chi connectivity index (χ1) is 13.5. The molecule has 0 bridgehead atoms. The van der Waals surface area contributed by atoms with Crippen LogP contribution in [0.1, 0.15) is 32.1 Å². The molecule has 0 aliphatic rings. The molecule has 3 aromatic rings. The molecule has 1 amide bonds. The van der Waals surface area contributed by atoms with Gasteiger partial charge in [0.2, 0.25) is 5.95 Å². The van der Waals surface area contributed by atoms with E-state index in [4.69, 9.17) is 4.74 Å². The highest BCUT2D eigenvalue weighted by molar-refractivity contribution is 6.07. The number of esters is 1. The van der Waals surface area contributed by atoms with E-state index >= 15 is 0 Å². The van der Waals surface area contributed by atoms with Crippen LogP contribution in [0.4, 0.5) is 17.3 Å². The zero-order valence-corrected chi connectivity index (χ0v) is 15.8. The molecule has 0 saturated carbocycles. The van der Waals surface area contributed by atoms with Crippen molar-refractivity contribution in [1.82, 2.24) is 9.97 Å². The van der Waals surface area contributed by atoms with Crippen LogP contribution in [0.3, 0.4) is 0 Å². The number of hydrogen-bond acceptors (Lipinski definition) is 6. The fourth-order valence-electron chi connectivity index (χ4n) is 2.57. The molecule has 0 aliphatic carbocycles. The van der Waals surface area contributed by atoms with E-state index in [0.717, 1.165) is 11.3 Å². The molecule has 0 aliphatic heterocycles. The van der Waals surface area contributed by atoms with Gasteiger partial charge in [-0.3, -0.25) is 4.79 Å². The largest absolute Gasteiger partial charge is 0.465 e. The van der Waals surface area contributed by atoms with Gasteiger partial charge >= 0.3 is 5.97 Å². The number of rotatable bonds is 5. The highest BCUT2D eigenvalue weighted by Gasteiger charge is 2.16. The van der Waals surface area contributed by atoms with Gasteiger partial charge in [0, 0.05) is 11.4 Å². The van der Waals surface area contributed by atoms with Crippen LogP contribution >= 0.6 is 0 Å². The Kier molecular flexibility index (Phi) is 5.64. The highest BCUT2D eigenvalue weighted by atomic mass is 16.5. The highest BCUT2D eigenvalue weighted by Crippen LogP contribution is 2.18. The summed E-state index contributed by atoms with van der Waals surface area (Å²) >= 11 is 0. The van der Waals surface area contributed by atoms with Crippen molar-refractivity contribution in [2.24, 2.45) is 0 Å². The first-order valence-electron chi connectivity index (χ1n) is 8.64. The van der Waals surface area contributed by atoms with E-state index in [1.165, 1.54) is 7.11 Å². The van der Waals surface area contributed by atoms with Crippen molar-refractivity contribution in [2.75, 3.05) is 17.7 Å². The summed E-state index contributed by atoms with van der Waals surface area (Å²) in [7, 11) is 1.29. The molecule has 1 aromatic heterocycles. The Morgan fingerprint density at radius 2 is 1.68 bits per heavy atom. The first kappa shape index (κ1) is 19.0. The number of amides is 1. The fraction of sp³-hybridized carbons (Fsp3) is 0.143. The van der Waals surface area contributed by atoms with Crippen molar-refractivity contribution in [3.8, 4) is 0 Å². The molecular formula is C21H20N4O3. The van der Waals surface area contributed by atoms with Crippen LogP contribution in [0, 0.1) is 13.8 Å². The molecule has 0 unspecified atom stereocenters. The average molecular weight is 376 g/mol. The standard InChI is InChI=1S/C21H20N4O3/c1-13-8-10-15(11-9-13)23-21-22-14(2)12-18(25-21)19(26)24-17-7-5-4-6-16(17)20(27)28-3/h4-12H,1-3H3,(H,24,26)(H,22,23,25). The summed E-state index contributed by atoms with van der Waals surface area (Å²) < 4.78 is 4.75. The molecule has 0 saturated heterocycles. The summed E-state index contributed by atoms with van der Waals surface area (Å²) in [6.45, 7) is 3.78. The van der Waals surface area contributed by atoms with E-state index in [-0.39, 0.29) is 11.3 Å². The second-order valence-electron chi connectivity index (χ2n) is 6.20. The third kappa shape index (κ3) is 4.50. The number of carbonyl (C=O) groups excluding carboxylic acids is 2. The van der Waals surface area contributed by atoms with Crippen LogP contribution in [0.15, 0.2) is 54.6 Å². The molecule has 0 spiro atoms. The smallest absolute Gasteiger partial charge is 0.339 e. The number of aryl methyl sites for hydroxylation is 2. The summed E-state index contributed by atoms with van der Waals surface area (Å²) in [5, 5.41) is 5.80. The second kappa shape index (κ2) is 8.30. The van der Waals surface area contributed by atoms with Crippen molar-refractivity contribution < 1.29 is 14.3 Å². The quantitative estimate of drug-likeness (QED) is 0.657. The van der Waals surface area contributed by atoms with Crippen molar-refractivity contribution in [3.63, 3.8) is 0 Å². The van der Waals surface area contributed by atoms with Gasteiger partial charge in [0.05, 0.1) is 18.4 Å². The van der Waals surface area contributed by atoms with Gasteiger partial charge in [-0.2, -0.15) is 0 Å². The lowest BCUT2D eigenvalue weighted by atomic mass is 10.1. The fourth-order valence-corrected chi connectivity index (χ4v) is 2.57. The zero-order valence-electron chi connectivity index (χ0n) is 15.8. The van der Waals surface area contributed by atoms with E-state index in [1.54, 1.807) is 37.3 Å². The van der Waals surface area contributed by atoms with Crippen molar-refractivity contribution in [1.29, 1.82) is 0 Å². The van der Waals surface area contributed by atoms with Crippen LogP contribution in [-0.4, -0.2) is 29.0 Å². The number of hydrogen-bond donors (Lipinski definition) is 2. The summed E-state index contributed by atoms with van der Waals surface area (Å²) in [5.74, 6) is -0.666. The molecule has 0 atom stereocenters. The van der Waals surface area contributed by atoms with E-state index in [0.29, 0.717) is 17.3 Å². The van der Waals surface area contributed by atoms with Gasteiger partial charge in [0.1, 0.15) is 5.69 Å². The maximum absolute atomic E-state index is 12.7. The number of benzene rings is 2. The summed E-state index contributed by atoms with van der Waals surface area (Å²) in [6.07, 6.45) is 0. The minimum Gasteiger partial charge on any atom is -0.465 e. The number of nitrogens with one attached hydrogen (secondary N) is 2. The van der Waals surface area contributed by atoms with Crippen LogP contribution in [-0.2, 0) is 4.74 Å². The Morgan fingerprint density at radius 1 is 0.964 bits per heavy atom. The minimum absolute atomic E-state index is 0.182. The summed E-state index contributed by atoms with van der Waals surface area (Å²) in [4.78, 5) is 33.2. The van der Waals surface area contributed by atoms with Crippen molar-refractivity contribution in [3.05, 3.63) is 77.1 Å². The Balaban J connectivity index is 1.84. The number of carbonyl (C=O) groups is 2. The van der Waals surface area contributed by atoms with E-state index in [9.17, 15) is 9.59 Å². The Labute approximate surface area is 162 Å². The minimum atomic E-state index is -0.531. The molecule has 28 heavy (non-hydrogen) atoms. The lowest BCUT2D eigenvalue weighted by Crippen LogP contribution is -2.17. The molecule has 7 heteroatoms. The monoisotopic (exact) mass is 376 g/mol. The number of para-hydroxylation sites is 1. The number of ether oxygens (including phenoxy) is 1. The van der Waals surface area contributed by atoms with E-state index in [2.05, 4.69) is 20.6 Å². The van der Waals surface area contributed by atoms with Gasteiger partial charge in [-0.1, -0.05) is 29.8 Å². The third-order valence-corrected chi connectivity index (χ3v) is 3.98. The van der Waals surface area contributed by atoms with Crippen LogP contribution in [0.2, 0.25) is 0 Å². The third-order valence-electron chi connectivity index (χ3n) is 3.98. The van der Waals surface area contributed by atoms with Crippen molar-refractivity contribution >= 4 is 29.2 Å². The molecule has 142 valence electrons. The van der Waals surface area contributed by atoms with Crippen LogP contribution < -0.4 is 10.6 Å². The van der Waals surface area contributed by atoms with Gasteiger partial charge in [-0.15, -0.1) is 0 Å². The number of nitrogens with zero attached hydrogens (tertiary/aromatic N) is 2. The van der Waals surface area contributed by atoms with Crippen molar-refractivity contribution in [2.45, 2.75) is 13.8 Å². The normalized spacial score (nSPS) is 10.2. The van der Waals surface area contributed by atoms with E-state index < -0.39 is 11.9 Å². The zero-order chi connectivity index (χ0) is 20.1. The van der Waals surface area contributed by atoms with Gasteiger partial charge in [-0.05, 0) is 44.2 Å². The van der Waals surface area contributed by atoms with Gasteiger partial charge in [0.25, 0.3) is 5.91 Å². The predicted octanol–water partition coefficient (Wildman–Crippen LogP) is 3.88. The molecule has 2 N–H and O–H groups in total. The predicted molar refractivity (Wildman–Crippen MR) is 107 cm³/mol. The average Bonchev–Trinajstić information content (AvgIpc) is 2.69. The maximum Gasteiger partial charge on any atom is 0.339 e. The Bertz CT molecular complexity index is 1020.